The summed E-state index contributed by atoms with van der Waals surface area (Å²) in [5.41, 5.74) is 3.72. The van der Waals surface area contributed by atoms with E-state index in [1.807, 2.05) is 55.1 Å². The summed E-state index contributed by atoms with van der Waals surface area (Å²) in [4.78, 5) is 26.0. The SMILES string of the molecule is COc1cc(COC2CN(Cc3cccc4nccnc34)CC(=O)N(C(C)C)C2)cc(OC)c1. The number of benzene rings is 2. The average molecular weight is 465 g/mol. The molecule has 34 heavy (non-hydrogen) atoms. The Morgan fingerprint density at radius 1 is 1.03 bits per heavy atom. The van der Waals surface area contributed by atoms with Gasteiger partial charge >= 0.3 is 0 Å². The van der Waals surface area contributed by atoms with E-state index < -0.39 is 0 Å². The third-order valence-corrected chi connectivity index (χ3v) is 6.04. The molecule has 0 bridgehead atoms. The van der Waals surface area contributed by atoms with Crippen molar-refractivity contribution in [3.63, 3.8) is 0 Å². The van der Waals surface area contributed by atoms with Crippen molar-refractivity contribution in [1.82, 2.24) is 19.8 Å². The molecule has 1 aliphatic heterocycles. The molecule has 0 aliphatic carbocycles. The number of para-hydroxylation sites is 1. The van der Waals surface area contributed by atoms with Crippen molar-refractivity contribution in [2.24, 2.45) is 0 Å². The van der Waals surface area contributed by atoms with Gasteiger partial charge in [0.2, 0.25) is 5.91 Å². The first-order valence-corrected chi connectivity index (χ1v) is 11.5. The van der Waals surface area contributed by atoms with Crippen LogP contribution in [0.1, 0.15) is 25.0 Å². The van der Waals surface area contributed by atoms with Gasteiger partial charge in [0.05, 0.1) is 44.5 Å². The molecule has 1 atom stereocenters. The van der Waals surface area contributed by atoms with Crippen LogP contribution in [0.2, 0.25) is 0 Å². The molecular formula is C26H32N4O4. The number of carbonyl (C=O) groups excluding carboxylic acids is 1. The molecule has 1 aliphatic rings. The number of hydrogen-bond donors (Lipinski definition) is 0. The minimum absolute atomic E-state index is 0.0962. The van der Waals surface area contributed by atoms with E-state index in [-0.39, 0.29) is 18.1 Å². The monoisotopic (exact) mass is 464 g/mol. The Labute approximate surface area is 200 Å². The molecule has 1 unspecified atom stereocenters. The number of amides is 1. The lowest BCUT2D eigenvalue weighted by Crippen LogP contribution is -2.42. The highest BCUT2D eigenvalue weighted by Gasteiger charge is 2.30. The fourth-order valence-corrected chi connectivity index (χ4v) is 4.32. The minimum Gasteiger partial charge on any atom is -0.497 e. The molecule has 8 heteroatoms. The first-order valence-electron chi connectivity index (χ1n) is 11.5. The molecule has 2 aromatic carbocycles. The van der Waals surface area contributed by atoms with Crippen LogP contribution < -0.4 is 9.47 Å². The molecule has 1 fully saturated rings. The van der Waals surface area contributed by atoms with Crippen LogP contribution in [-0.4, -0.2) is 71.7 Å². The van der Waals surface area contributed by atoms with Crippen LogP contribution >= 0.6 is 0 Å². The molecule has 3 aromatic rings. The van der Waals surface area contributed by atoms with Gasteiger partial charge in [0.15, 0.2) is 0 Å². The smallest absolute Gasteiger partial charge is 0.237 e. The highest BCUT2D eigenvalue weighted by molar-refractivity contribution is 5.79. The van der Waals surface area contributed by atoms with Gasteiger partial charge in [0, 0.05) is 44.1 Å². The Morgan fingerprint density at radius 2 is 1.76 bits per heavy atom. The summed E-state index contributed by atoms with van der Waals surface area (Å²) < 4.78 is 17.1. The second kappa shape index (κ2) is 10.8. The van der Waals surface area contributed by atoms with Gasteiger partial charge in [0.1, 0.15) is 11.5 Å². The number of rotatable bonds is 8. The summed E-state index contributed by atoms with van der Waals surface area (Å²) in [6.45, 7) is 6.58. The molecule has 0 saturated carbocycles. The highest BCUT2D eigenvalue weighted by Crippen LogP contribution is 2.24. The van der Waals surface area contributed by atoms with E-state index in [0.29, 0.717) is 32.8 Å². The van der Waals surface area contributed by atoms with Crippen molar-refractivity contribution >= 4 is 16.9 Å². The number of methoxy groups -OCH3 is 2. The third-order valence-electron chi connectivity index (χ3n) is 6.04. The van der Waals surface area contributed by atoms with Gasteiger partial charge < -0.3 is 19.1 Å². The normalized spacial score (nSPS) is 17.3. The first-order chi connectivity index (χ1) is 16.5. The highest BCUT2D eigenvalue weighted by atomic mass is 16.5. The van der Waals surface area contributed by atoms with Crippen LogP contribution in [-0.2, 0) is 22.7 Å². The third kappa shape index (κ3) is 5.63. The van der Waals surface area contributed by atoms with E-state index in [4.69, 9.17) is 14.2 Å². The van der Waals surface area contributed by atoms with E-state index in [9.17, 15) is 4.79 Å². The molecule has 0 spiro atoms. The number of ether oxygens (including phenoxy) is 3. The Balaban J connectivity index is 1.53. The molecule has 2 heterocycles. The average Bonchev–Trinajstić information content (AvgIpc) is 3.00. The van der Waals surface area contributed by atoms with Gasteiger partial charge in [-0.25, -0.2) is 0 Å². The predicted octanol–water partition coefficient (Wildman–Crippen LogP) is 3.29. The maximum absolute atomic E-state index is 13.1. The fourth-order valence-electron chi connectivity index (χ4n) is 4.32. The van der Waals surface area contributed by atoms with Gasteiger partial charge in [0.25, 0.3) is 0 Å². The summed E-state index contributed by atoms with van der Waals surface area (Å²) in [7, 11) is 3.26. The lowest BCUT2D eigenvalue weighted by molar-refractivity contribution is -0.133. The maximum atomic E-state index is 13.1. The number of fused-ring (bicyclic) bond motifs is 1. The van der Waals surface area contributed by atoms with Gasteiger partial charge in [-0.05, 0) is 43.2 Å². The summed E-state index contributed by atoms with van der Waals surface area (Å²) in [5, 5.41) is 0. The zero-order valence-corrected chi connectivity index (χ0v) is 20.2. The first kappa shape index (κ1) is 23.9. The van der Waals surface area contributed by atoms with Crippen LogP contribution in [0.3, 0.4) is 0 Å². The topological polar surface area (TPSA) is 77.0 Å². The van der Waals surface area contributed by atoms with Crippen LogP contribution in [0, 0.1) is 0 Å². The molecule has 180 valence electrons. The summed E-state index contributed by atoms with van der Waals surface area (Å²) in [6, 6.07) is 11.8. The largest absolute Gasteiger partial charge is 0.497 e. The Kier molecular flexibility index (Phi) is 7.59. The van der Waals surface area contributed by atoms with E-state index >= 15 is 0 Å². The van der Waals surface area contributed by atoms with E-state index in [1.54, 1.807) is 26.6 Å². The molecule has 0 radical (unpaired) electrons. The van der Waals surface area contributed by atoms with Crippen molar-refractivity contribution in [1.29, 1.82) is 0 Å². The van der Waals surface area contributed by atoms with E-state index in [0.717, 1.165) is 33.7 Å². The van der Waals surface area contributed by atoms with E-state index in [1.165, 1.54) is 0 Å². The predicted molar refractivity (Wildman–Crippen MR) is 130 cm³/mol. The standard InChI is InChI=1S/C26H32N4O4/c1-18(2)30-15-23(34-17-19-10-21(32-3)12-22(11-19)33-4)14-29(16-25(30)31)13-20-6-5-7-24-26(20)28-9-8-27-24/h5-12,18,23H,13-17H2,1-4H3. The Morgan fingerprint density at radius 3 is 2.47 bits per heavy atom. The van der Waals surface area contributed by atoms with Crippen molar-refractivity contribution in [3.8, 4) is 11.5 Å². The maximum Gasteiger partial charge on any atom is 0.237 e. The molecule has 1 aromatic heterocycles. The summed E-state index contributed by atoms with van der Waals surface area (Å²) in [5.74, 6) is 1.54. The van der Waals surface area contributed by atoms with Crippen LogP contribution in [0.25, 0.3) is 11.0 Å². The van der Waals surface area contributed by atoms with E-state index in [2.05, 4.69) is 14.9 Å². The fraction of sp³-hybridized carbons (Fsp3) is 0.423. The molecular weight excluding hydrogens is 432 g/mol. The van der Waals surface area contributed by atoms with Crippen molar-refractivity contribution < 1.29 is 19.0 Å². The van der Waals surface area contributed by atoms with Crippen LogP contribution in [0.15, 0.2) is 48.8 Å². The molecule has 1 amide bonds. The Bertz CT molecular complexity index is 1110. The molecule has 4 rings (SSSR count). The van der Waals surface area contributed by atoms with Gasteiger partial charge in [-0.2, -0.15) is 0 Å². The van der Waals surface area contributed by atoms with Crippen molar-refractivity contribution in [2.45, 2.75) is 39.1 Å². The quantitative estimate of drug-likeness (QED) is 0.506. The molecule has 1 saturated heterocycles. The zero-order chi connectivity index (χ0) is 24.1. The molecule has 0 N–H and O–H groups in total. The second-order valence-corrected chi connectivity index (χ2v) is 8.80. The lowest BCUT2D eigenvalue weighted by atomic mass is 10.1. The number of nitrogens with zero attached hydrogens (tertiary/aromatic N) is 4. The summed E-state index contributed by atoms with van der Waals surface area (Å²) >= 11 is 0. The van der Waals surface area contributed by atoms with Gasteiger partial charge in [-0.3, -0.25) is 19.7 Å². The number of hydrogen-bond acceptors (Lipinski definition) is 7. The summed E-state index contributed by atoms with van der Waals surface area (Å²) in [6.07, 6.45) is 3.25. The number of aromatic nitrogens is 2. The number of carbonyl (C=O) groups is 1. The van der Waals surface area contributed by atoms with Crippen LogP contribution in [0.5, 0.6) is 11.5 Å². The Hall–Kier alpha value is -3.23. The van der Waals surface area contributed by atoms with Gasteiger partial charge in [-0.15, -0.1) is 0 Å². The lowest BCUT2D eigenvalue weighted by Gasteiger charge is -2.28. The van der Waals surface area contributed by atoms with Gasteiger partial charge in [-0.1, -0.05) is 12.1 Å². The van der Waals surface area contributed by atoms with Crippen LogP contribution in [0.4, 0.5) is 0 Å². The van der Waals surface area contributed by atoms with Crippen molar-refractivity contribution in [2.75, 3.05) is 33.9 Å². The zero-order valence-electron chi connectivity index (χ0n) is 20.2. The second-order valence-electron chi connectivity index (χ2n) is 8.80. The minimum atomic E-state index is -0.146. The van der Waals surface area contributed by atoms with Crippen molar-refractivity contribution in [3.05, 3.63) is 59.9 Å². The molecule has 8 nitrogen and oxygen atoms in total.